The van der Waals surface area contributed by atoms with Crippen molar-refractivity contribution in [3.8, 4) is 0 Å². The number of benzene rings is 1. The van der Waals surface area contributed by atoms with Gasteiger partial charge in [0.2, 0.25) is 0 Å². The molecule has 0 aromatic heterocycles. The molecule has 116 valence electrons. The number of ether oxygens (including phenoxy) is 2. The molecule has 0 radical (unpaired) electrons. The Labute approximate surface area is 125 Å². The number of nitrogens with one attached hydrogen (secondary N) is 1. The number of hydrogen-bond donors (Lipinski definition) is 2. The van der Waals surface area contributed by atoms with E-state index in [1.807, 2.05) is 0 Å². The normalized spacial score (nSPS) is 23.2. The van der Waals surface area contributed by atoms with Crippen LogP contribution in [0.5, 0.6) is 0 Å². The van der Waals surface area contributed by atoms with Crippen molar-refractivity contribution < 1.29 is 14.3 Å². The SMILES string of the molecule is CCOC(=O)c1cccc(N)c1NC1CC(OC)C1(C)C. The minimum Gasteiger partial charge on any atom is -0.462 e. The topological polar surface area (TPSA) is 73.6 Å². The Morgan fingerprint density at radius 2 is 2.19 bits per heavy atom. The summed E-state index contributed by atoms with van der Waals surface area (Å²) in [6.45, 7) is 6.42. The first-order chi connectivity index (χ1) is 9.91. The van der Waals surface area contributed by atoms with Crippen molar-refractivity contribution in [1.29, 1.82) is 0 Å². The second kappa shape index (κ2) is 5.93. The summed E-state index contributed by atoms with van der Waals surface area (Å²) in [7, 11) is 1.73. The first-order valence-electron chi connectivity index (χ1n) is 7.26. The van der Waals surface area contributed by atoms with Crippen LogP contribution in [0.1, 0.15) is 37.6 Å². The number of esters is 1. The number of para-hydroxylation sites is 1. The van der Waals surface area contributed by atoms with Crippen molar-refractivity contribution in [1.82, 2.24) is 0 Å². The highest BCUT2D eigenvalue weighted by Crippen LogP contribution is 2.45. The lowest BCUT2D eigenvalue weighted by molar-refractivity contribution is -0.0794. The van der Waals surface area contributed by atoms with E-state index in [0.717, 1.165) is 6.42 Å². The van der Waals surface area contributed by atoms with Crippen LogP contribution >= 0.6 is 0 Å². The zero-order valence-corrected chi connectivity index (χ0v) is 13.1. The maximum Gasteiger partial charge on any atom is 0.340 e. The molecular weight excluding hydrogens is 268 g/mol. The van der Waals surface area contributed by atoms with Gasteiger partial charge in [-0.25, -0.2) is 4.79 Å². The molecule has 0 spiro atoms. The van der Waals surface area contributed by atoms with Crippen molar-refractivity contribution in [2.24, 2.45) is 5.41 Å². The first kappa shape index (κ1) is 15.6. The minimum atomic E-state index is -0.354. The molecule has 2 atom stereocenters. The molecular formula is C16H24N2O3. The van der Waals surface area contributed by atoms with E-state index in [4.69, 9.17) is 15.2 Å². The van der Waals surface area contributed by atoms with E-state index in [9.17, 15) is 4.79 Å². The minimum absolute atomic E-state index is 0.0109. The average Bonchev–Trinajstić information content (AvgIpc) is 2.44. The summed E-state index contributed by atoms with van der Waals surface area (Å²) < 4.78 is 10.5. The smallest absolute Gasteiger partial charge is 0.340 e. The number of anilines is 2. The van der Waals surface area contributed by atoms with Crippen LogP contribution in [-0.2, 0) is 9.47 Å². The lowest BCUT2D eigenvalue weighted by Gasteiger charge is -2.51. The summed E-state index contributed by atoms with van der Waals surface area (Å²) in [6, 6.07) is 5.48. The molecule has 0 bridgehead atoms. The van der Waals surface area contributed by atoms with Crippen LogP contribution in [0, 0.1) is 5.41 Å². The fraction of sp³-hybridized carbons (Fsp3) is 0.562. The number of rotatable bonds is 5. The highest BCUT2D eigenvalue weighted by molar-refractivity contribution is 5.98. The van der Waals surface area contributed by atoms with Gasteiger partial charge in [0, 0.05) is 18.6 Å². The van der Waals surface area contributed by atoms with E-state index in [-0.39, 0.29) is 23.5 Å². The van der Waals surface area contributed by atoms with Gasteiger partial charge in [-0.3, -0.25) is 0 Å². The zero-order valence-electron chi connectivity index (χ0n) is 13.1. The maximum absolute atomic E-state index is 12.0. The van der Waals surface area contributed by atoms with Crippen molar-refractivity contribution in [3.63, 3.8) is 0 Å². The van der Waals surface area contributed by atoms with E-state index in [0.29, 0.717) is 23.5 Å². The van der Waals surface area contributed by atoms with Gasteiger partial charge in [-0.1, -0.05) is 19.9 Å². The molecule has 1 aliphatic carbocycles. The van der Waals surface area contributed by atoms with Crippen LogP contribution in [0.15, 0.2) is 18.2 Å². The number of carbonyl (C=O) groups excluding carboxylic acids is 1. The molecule has 3 N–H and O–H groups in total. The molecule has 1 aromatic rings. The van der Waals surface area contributed by atoms with E-state index >= 15 is 0 Å². The predicted molar refractivity (Wildman–Crippen MR) is 83.4 cm³/mol. The van der Waals surface area contributed by atoms with Crippen molar-refractivity contribution in [2.45, 2.75) is 39.3 Å². The third-order valence-electron chi connectivity index (χ3n) is 4.37. The van der Waals surface area contributed by atoms with Gasteiger partial charge < -0.3 is 20.5 Å². The maximum atomic E-state index is 12.0. The lowest BCUT2D eigenvalue weighted by atomic mass is 9.64. The summed E-state index contributed by atoms with van der Waals surface area (Å²) in [6.07, 6.45) is 1.10. The Balaban J connectivity index is 2.23. The van der Waals surface area contributed by atoms with E-state index in [2.05, 4.69) is 19.2 Å². The van der Waals surface area contributed by atoms with Crippen molar-refractivity contribution >= 4 is 17.3 Å². The molecule has 21 heavy (non-hydrogen) atoms. The average molecular weight is 292 g/mol. The number of carbonyl (C=O) groups is 1. The highest BCUT2D eigenvalue weighted by atomic mass is 16.5. The monoisotopic (exact) mass is 292 g/mol. The van der Waals surface area contributed by atoms with Crippen LogP contribution in [0.25, 0.3) is 0 Å². The quantitative estimate of drug-likeness (QED) is 0.645. The number of hydrogen-bond acceptors (Lipinski definition) is 5. The molecule has 1 aromatic carbocycles. The van der Waals surface area contributed by atoms with Gasteiger partial charge >= 0.3 is 5.97 Å². The molecule has 5 heteroatoms. The summed E-state index contributed by atoms with van der Waals surface area (Å²) in [5.74, 6) is -0.354. The predicted octanol–water partition coefficient (Wildman–Crippen LogP) is 2.67. The van der Waals surface area contributed by atoms with Gasteiger partial charge in [0.15, 0.2) is 0 Å². The van der Waals surface area contributed by atoms with Gasteiger partial charge in [-0.2, -0.15) is 0 Å². The van der Waals surface area contributed by atoms with Crippen LogP contribution in [-0.4, -0.2) is 31.8 Å². The van der Waals surface area contributed by atoms with Gasteiger partial charge in [0.1, 0.15) is 0 Å². The van der Waals surface area contributed by atoms with E-state index in [1.165, 1.54) is 0 Å². The Morgan fingerprint density at radius 3 is 2.76 bits per heavy atom. The Hall–Kier alpha value is -1.75. The van der Waals surface area contributed by atoms with E-state index in [1.54, 1.807) is 32.2 Å². The molecule has 2 rings (SSSR count). The van der Waals surface area contributed by atoms with Crippen molar-refractivity contribution in [2.75, 3.05) is 24.8 Å². The standard InChI is InChI=1S/C16H24N2O3/c1-5-21-15(19)10-7-6-8-11(17)14(10)18-12-9-13(20-4)16(12,2)3/h6-8,12-13,18H,5,9,17H2,1-4H3. The Morgan fingerprint density at radius 1 is 1.48 bits per heavy atom. The Bertz CT molecular complexity index is 528. The molecule has 0 aliphatic heterocycles. The number of nitrogens with two attached hydrogens (primary N) is 1. The van der Waals surface area contributed by atoms with Crippen LogP contribution < -0.4 is 11.1 Å². The Kier molecular flexibility index (Phi) is 4.42. The third kappa shape index (κ3) is 2.83. The highest BCUT2D eigenvalue weighted by Gasteiger charge is 2.48. The van der Waals surface area contributed by atoms with Crippen molar-refractivity contribution in [3.05, 3.63) is 23.8 Å². The molecule has 0 heterocycles. The molecule has 1 aliphatic rings. The van der Waals surface area contributed by atoms with Crippen LogP contribution in [0.2, 0.25) is 0 Å². The summed E-state index contributed by atoms with van der Waals surface area (Å²) >= 11 is 0. The summed E-state index contributed by atoms with van der Waals surface area (Å²) in [5.41, 5.74) is 7.71. The second-order valence-corrected chi connectivity index (χ2v) is 5.97. The summed E-state index contributed by atoms with van der Waals surface area (Å²) in [4.78, 5) is 12.0. The van der Waals surface area contributed by atoms with Gasteiger partial charge in [0.05, 0.1) is 29.6 Å². The van der Waals surface area contributed by atoms with Gasteiger partial charge in [-0.05, 0) is 25.5 Å². The molecule has 1 fully saturated rings. The molecule has 0 amide bonds. The molecule has 0 saturated heterocycles. The second-order valence-electron chi connectivity index (χ2n) is 5.97. The van der Waals surface area contributed by atoms with E-state index < -0.39 is 0 Å². The van der Waals surface area contributed by atoms with Crippen LogP contribution in [0.3, 0.4) is 0 Å². The lowest BCUT2D eigenvalue weighted by Crippen LogP contribution is -2.57. The third-order valence-corrected chi connectivity index (χ3v) is 4.37. The van der Waals surface area contributed by atoms with Gasteiger partial charge in [0.25, 0.3) is 0 Å². The fourth-order valence-corrected chi connectivity index (χ4v) is 2.81. The zero-order chi connectivity index (χ0) is 15.6. The largest absolute Gasteiger partial charge is 0.462 e. The van der Waals surface area contributed by atoms with Gasteiger partial charge in [-0.15, -0.1) is 0 Å². The molecule has 5 nitrogen and oxygen atoms in total. The number of nitrogen functional groups attached to an aromatic ring is 1. The molecule has 2 unspecified atom stereocenters. The number of methoxy groups -OCH3 is 1. The van der Waals surface area contributed by atoms with Crippen LogP contribution in [0.4, 0.5) is 11.4 Å². The summed E-state index contributed by atoms with van der Waals surface area (Å²) in [5, 5.41) is 3.40. The molecule has 1 saturated carbocycles. The first-order valence-corrected chi connectivity index (χ1v) is 7.26. The fourth-order valence-electron chi connectivity index (χ4n) is 2.81.